The summed E-state index contributed by atoms with van der Waals surface area (Å²) in [6.07, 6.45) is 2.53. The Kier molecular flexibility index (Phi) is 5.17. The maximum Gasteiger partial charge on any atom is 0.306 e. The topological polar surface area (TPSA) is 66.4 Å². The van der Waals surface area contributed by atoms with Crippen molar-refractivity contribution >= 4 is 27.8 Å². The van der Waals surface area contributed by atoms with E-state index in [2.05, 4.69) is 21.2 Å². The first-order valence-corrected chi connectivity index (χ1v) is 7.61. The van der Waals surface area contributed by atoms with Gasteiger partial charge in [-0.05, 0) is 37.3 Å². The monoisotopic (exact) mass is 339 g/mol. The molecule has 0 spiro atoms. The molecule has 2 rings (SSSR count). The summed E-state index contributed by atoms with van der Waals surface area (Å²) >= 11 is 3.45. The summed E-state index contributed by atoms with van der Waals surface area (Å²) in [5.74, 6) is -1.03. The zero-order valence-electron chi connectivity index (χ0n) is 11.1. The Hall–Kier alpha value is -1.36. The molecule has 2 N–H and O–H groups in total. The highest BCUT2D eigenvalue weighted by molar-refractivity contribution is 9.10. The number of carboxylic acids is 1. The van der Waals surface area contributed by atoms with Crippen LogP contribution in [0.25, 0.3) is 0 Å². The van der Waals surface area contributed by atoms with E-state index in [1.807, 2.05) is 24.3 Å². The second-order valence-corrected chi connectivity index (χ2v) is 6.05. The van der Waals surface area contributed by atoms with E-state index >= 15 is 0 Å². The minimum absolute atomic E-state index is 0.0320. The van der Waals surface area contributed by atoms with E-state index in [9.17, 15) is 9.59 Å². The molecule has 5 heteroatoms. The van der Waals surface area contributed by atoms with Crippen LogP contribution in [0.15, 0.2) is 28.7 Å². The number of hydrogen-bond acceptors (Lipinski definition) is 2. The maximum atomic E-state index is 12.1. The van der Waals surface area contributed by atoms with E-state index in [-0.39, 0.29) is 17.7 Å². The minimum atomic E-state index is -0.739. The Balaban J connectivity index is 1.82. The Morgan fingerprint density at radius 3 is 2.35 bits per heavy atom. The number of carbonyl (C=O) groups is 2. The molecule has 1 saturated carbocycles. The Bertz CT molecular complexity index is 496. The van der Waals surface area contributed by atoms with E-state index in [1.165, 1.54) is 0 Å². The first-order valence-electron chi connectivity index (χ1n) is 6.82. The average Bonchev–Trinajstić information content (AvgIpc) is 2.46. The van der Waals surface area contributed by atoms with Crippen LogP contribution in [0, 0.1) is 11.8 Å². The summed E-state index contributed by atoms with van der Waals surface area (Å²) in [6, 6.07) is 7.78. The van der Waals surface area contributed by atoms with Gasteiger partial charge < -0.3 is 10.4 Å². The van der Waals surface area contributed by atoms with Crippen LogP contribution in [0.4, 0.5) is 0 Å². The van der Waals surface area contributed by atoms with Gasteiger partial charge in [0, 0.05) is 16.9 Å². The predicted octanol–water partition coefficient (Wildman–Crippen LogP) is 2.96. The van der Waals surface area contributed by atoms with Crippen LogP contribution in [0.1, 0.15) is 31.2 Å². The van der Waals surface area contributed by atoms with Crippen molar-refractivity contribution < 1.29 is 14.7 Å². The molecule has 0 saturated heterocycles. The lowest BCUT2D eigenvalue weighted by Crippen LogP contribution is -2.34. The van der Waals surface area contributed by atoms with Gasteiger partial charge in [-0.1, -0.05) is 34.1 Å². The highest BCUT2D eigenvalue weighted by Gasteiger charge is 2.29. The normalized spacial score (nSPS) is 22.2. The number of nitrogens with one attached hydrogen (secondary N) is 1. The Morgan fingerprint density at radius 1 is 1.15 bits per heavy atom. The standard InChI is InChI=1S/C15H18BrNO3/c16-13-4-2-1-3-12(13)9-17-14(18)10-5-7-11(8-6-10)15(19)20/h1-4,10-11H,5-9H2,(H,17,18)(H,19,20). The smallest absolute Gasteiger partial charge is 0.306 e. The highest BCUT2D eigenvalue weighted by atomic mass is 79.9. The van der Waals surface area contributed by atoms with Crippen LogP contribution in [-0.2, 0) is 16.1 Å². The van der Waals surface area contributed by atoms with Crippen molar-refractivity contribution in [3.05, 3.63) is 34.3 Å². The fourth-order valence-corrected chi connectivity index (χ4v) is 3.00. The lowest BCUT2D eigenvalue weighted by molar-refractivity contribution is -0.144. The third-order valence-electron chi connectivity index (χ3n) is 3.86. The molecule has 1 aliphatic carbocycles. The third kappa shape index (κ3) is 3.82. The first-order chi connectivity index (χ1) is 9.58. The minimum Gasteiger partial charge on any atom is -0.481 e. The predicted molar refractivity (Wildman–Crippen MR) is 79.1 cm³/mol. The van der Waals surface area contributed by atoms with Gasteiger partial charge in [-0.15, -0.1) is 0 Å². The summed E-state index contributed by atoms with van der Waals surface area (Å²) in [5.41, 5.74) is 1.04. The summed E-state index contributed by atoms with van der Waals surface area (Å²) in [4.78, 5) is 23.0. The second kappa shape index (κ2) is 6.88. The van der Waals surface area contributed by atoms with Gasteiger partial charge in [0.05, 0.1) is 5.92 Å². The molecule has 20 heavy (non-hydrogen) atoms. The molecule has 0 aliphatic heterocycles. The molecule has 1 fully saturated rings. The molecular weight excluding hydrogens is 322 g/mol. The van der Waals surface area contributed by atoms with Crippen molar-refractivity contribution in [2.45, 2.75) is 32.2 Å². The largest absolute Gasteiger partial charge is 0.481 e. The molecule has 0 bridgehead atoms. The van der Waals surface area contributed by atoms with Gasteiger partial charge in [-0.25, -0.2) is 0 Å². The zero-order valence-corrected chi connectivity index (χ0v) is 12.7. The molecule has 1 aliphatic rings. The van der Waals surface area contributed by atoms with Crippen LogP contribution in [0.5, 0.6) is 0 Å². The lowest BCUT2D eigenvalue weighted by Gasteiger charge is -2.25. The summed E-state index contributed by atoms with van der Waals surface area (Å²) in [7, 11) is 0. The number of hydrogen-bond donors (Lipinski definition) is 2. The second-order valence-electron chi connectivity index (χ2n) is 5.20. The van der Waals surface area contributed by atoms with E-state index < -0.39 is 5.97 Å². The van der Waals surface area contributed by atoms with Crippen molar-refractivity contribution in [2.24, 2.45) is 11.8 Å². The number of amides is 1. The quantitative estimate of drug-likeness (QED) is 0.886. The van der Waals surface area contributed by atoms with E-state index in [4.69, 9.17) is 5.11 Å². The maximum absolute atomic E-state index is 12.1. The van der Waals surface area contributed by atoms with Gasteiger partial charge >= 0.3 is 5.97 Å². The lowest BCUT2D eigenvalue weighted by atomic mass is 9.81. The van der Waals surface area contributed by atoms with Crippen molar-refractivity contribution in [3.63, 3.8) is 0 Å². The van der Waals surface area contributed by atoms with Gasteiger partial charge in [0.25, 0.3) is 0 Å². The van der Waals surface area contributed by atoms with Crippen molar-refractivity contribution in [1.29, 1.82) is 0 Å². The van der Waals surface area contributed by atoms with Gasteiger partial charge in [0.2, 0.25) is 5.91 Å². The van der Waals surface area contributed by atoms with Crippen LogP contribution in [-0.4, -0.2) is 17.0 Å². The first kappa shape index (κ1) is 15.0. The summed E-state index contributed by atoms with van der Waals surface area (Å²) in [6.45, 7) is 0.499. The van der Waals surface area contributed by atoms with Crippen molar-refractivity contribution in [1.82, 2.24) is 5.32 Å². The highest BCUT2D eigenvalue weighted by Crippen LogP contribution is 2.29. The van der Waals surface area contributed by atoms with Crippen LogP contribution >= 0.6 is 15.9 Å². The molecule has 108 valence electrons. The van der Waals surface area contributed by atoms with Crippen molar-refractivity contribution in [2.75, 3.05) is 0 Å². The molecule has 0 atom stereocenters. The number of rotatable bonds is 4. The fourth-order valence-electron chi connectivity index (χ4n) is 2.57. The molecule has 1 aromatic carbocycles. The fraction of sp³-hybridized carbons (Fsp3) is 0.467. The number of carboxylic acid groups (broad SMARTS) is 1. The Morgan fingerprint density at radius 2 is 1.75 bits per heavy atom. The Labute approximate surface area is 126 Å². The van der Waals surface area contributed by atoms with Gasteiger partial charge in [-0.2, -0.15) is 0 Å². The SMILES string of the molecule is O=C(O)C1CCC(C(=O)NCc2ccccc2Br)CC1. The van der Waals surface area contributed by atoms with Crippen LogP contribution < -0.4 is 5.32 Å². The van der Waals surface area contributed by atoms with E-state index in [0.717, 1.165) is 10.0 Å². The summed E-state index contributed by atoms with van der Waals surface area (Å²) in [5, 5.41) is 11.9. The average molecular weight is 340 g/mol. The molecule has 4 nitrogen and oxygen atoms in total. The molecule has 0 unspecified atom stereocenters. The van der Waals surface area contributed by atoms with Gasteiger partial charge in [0.1, 0.15) is 0 Å². The molecule has 1 amide bonds. The van der Waals surface area contributed by atoms with Crippen LogP contribution in [0.2, 0.25) is 0 Å². The number of carbonyl (C=O) groups excluding carboxylic acids is 1. The molecular formula is C15H18BrNO3. The number of aliphatic carboxylic acids is 1. The van der Waals surface area contributed by atoms with E-state index in [1.54, 1.807) is 0 Å². The van der Waals surface area contributed by atoms with Crippen molar-refractivity contribution in [3.8, 4) is 0 Å². The van der Waals surface area contributed by atoms with Gasteiger partial charge in [0.15, 0.2) is 0 Å². The third-order valence-corrected chi connectivity index (χ3v) is 4.63. The zero-order chi connectivity index (χ0) is 14.5. The molecule has 0 heterocycles. The molecule has 0 aromatic heterocycles. The number of halogens is 1. The molecule has 0 radical (unpaired) electrons. The van der Waals surface area contributed by atoms with Crippen LogP contribution in [0.3, 0.4) is 0 Å². The summed E-state index contributed by atoms with van der Waals surface area (Å²) < 4.78 is 0.981. The molecule has 1 aromatic rings. The van der Waals surface area contributed by atoms with E-state index in [0.29, 0.717) is 32.2 Å². The number of benzene rings is 1. The van der Waals surface area contributed by atoms with Gasteiger partial charge in [-0.3, -0.25) is 9.59 Å².